The molecule has 0 saturated heterocycles. The van der Waals surface area contributed by atoms with Crippen molar-refractivity contribution >= 4 is 0 Å². The SMILES string of the molecule is Cc1ccc(C)c(OCCn2cnc(C#N)n2)c1. The summed E-state index contributed by atoms with van der Waals surface area (Å²) in [5.74, 6) is 1.07. The molecule has 18 heavy (non-hydrogen) atoms. The van der Waals surface area contributed by atoms with Crippen LogP contribution in [-0.4, -0.2) is 21.4 Å². The maximum absolute atomic E-state index is 8.60. The second-order valence-corrected chi connectivity index (χ2v) is 4.06. The van der Waals surface area contributed by atoms with Crippen molar-refractivity contribution in [3.05, 3.63) is 41.5 Å². The second kappa shape index (κ2) is 5.32. The van der Waals surface area contributed by atoms with Gasteiger partial charge in [-0.25, -0.2) is 9.67 Å². The summed E-state index contributed by atoms with van der Waals surface area (Å²) in [5, 5.41) is 12.6. The molecule has 0 aliphatic carbocycles. The smallest absolute Gasteiger partial charge is 0.252 e. The van der Waals surface area contributed by atoms with Gasteiger partial charge in [-0.3, -0.25) is 0 Å². The zero-order valence-electron chi connectivity index (χ0n) is 10.4. The fourth-order valence-electron chi connectivity index (χ4n) is 1.57. The van der Waals surface area contributed by atoms with Gasteiger partial charge in [0, 0.05) is 0 Å². The number of nitrogens with zero attached hydrogens (tertiary/aromatic N) is 4. The molecule has 0 saturated carbocycles. The summed E-state index contributed by atoms with van der Waals surface area (Å²) in [5.41, 5.74) is 2.28. The molecule has 5 heteroatoms. The van der Waals surface area contributed by atoms with E-state index in [0.717, 1.165) is 11.3 Å². The van der Waals surface area contributed by atoms with Gasteiger partial charge in [0.2, 0.25) is 0 Å². The zero-order valence-corrected chi connectivity index (χ0v) is 10.4. The molecular formula is C13H14N4O. The van der Waals surface area contributed by atoms with Crippen LogP contribution in [0.2, 0.25) is 0 Å². The van der Waals surface area contributed by atoms with Gasteiger partial charge in [-0.15, -0.1) is 5.10 Å². The molecule has 0 fully saturated rings. The van der Waals surface area contributed by atoms with Gasteiger partial charge < -0.3 is 4.74 Å². The number of nitriles is 1. The molecule has 0 unspecified atom stereocenters. The van der Waals surface area contributed by atoms with E-state index < -0.39 is 0 Å². The summed E-state index contributed by atoms with van der Waals surface area (Å²) in [6.07, 6.45) is 1.53. The highest BCUT2D eigenvalue weighted by Crippen LogP contribution is 2.18. The molecule has 1 aromatic heterocycles. The Morgan fingerprint density at radius 3 is 2.94 bits per heavy atom. The standard InChI is InChI=1S/C13H14N4O/c1-10-3-4-11(2)12(7-10)18-6-5-17-9-15-13(8-14)16-17/h3-4,7,9H,5-6H2,1-2H3. The Kier molecular flexibility index (Phi) is 3.58. The van der Waals surface area contributed by atoms with E-state index in [0.29, 0.717) is 13.2 Å². The summed E-state index contributed by atoms with van der Waals surface area (Å²) >= 11 is 0. The molecule has 0 bridgehead atoms. The van der Waals surface area contributed by atoms with Gasteiger partial charge in [0.15, 0.2) is 0 Å². The van der Waals surface area contributed by atoms with Crippen molar-refractivity contribution in [2.24, 2.45) is 0 Å². The molecule has 92 valence electrons. The van der Waals surface area contributed by atoms with E-state index in [9.17, 15) is 0 Å². The van der Waals surface area contributed by atoms with Crippen molar-refractivity contribution in [3.8, 4) is 11.8 Å². The first-order valence-electron chi connectivity index (χ1n) is 5.68. The largest absolute Gasteiger partial charge is 0.491 e. The molecule has 0 aliphatic rings. The van der Waals surface area contributed by atoms with Crippen LogP contribution in [0.1, 0.15) is 17.0 Å². The Bertz CT molecular complexity index is 583. The van der Waals surface area contributed by atoms with Crippen molar-refractivity contribution < 1.29 is 4.74 Å². The lowest BCUT2D eigenvalue weighted by Gasteiger charge is -2.09. The predicted molar refractivity (Wildman–Crippen MR) is 66.1 cm³/mol. The van der Waals surface area contributed by atoms with E-state index in [1.54, 1.807) is 4.68 Å². The van der Waals surface area contributed by atoms with Crippen LogP contribution in [0.5, 0.6) is 5.75 Å². The van der Waals surface area contributed by atoms with Crippen LogP contribution in [-0.2, 0) is 6.54 Å². The number of rotatable bonds is 4. The van der Waals surface area contributed by atoms with E-state index >= 15 is 0 Å². The topological polar surface area (TPSA) is 63.7 Å². The van der Waals surface area contributed by atoms with E-state index in [1.165, 1.54) is 11.9 Å². The third kappa shape index (κ3) is 2.86. The summed E-state index contributed by atoms with van der Waals surface area (Å²) in [4.78, 5) is 3.83. The number of ether oxygens (including phenoxy) is 1. The first-order valence-corrected chi connectivity index (χ1v) is 5.68. The van der Waals surface area contributed by atoms with Crippen LogP contribution in [0.4, 0.5) is 0 Å². The van der Waals surface area contributed by atoms with Crippen molar-refractivity contribution in [1.29, 1.82) is 5.26 Å². The van der Waals surface area contributed by atoms with Gasteiger partial charge in [0.05, 0.1) is 6.54 Å². The number of aromatic nitrogens is 3. The van der Waals surface area contributed by atoms with Gasteiger partial charge in [-0.05, 0) is 31.0 Å². The minimum atomic E-state index is 0.182. The molecule has 2 rings (SSSR count). The number of hydrogen-bond acceptors (Lipinski definition) is 4. The van der Waals surface area contributed by atoms with Gasteiger partial charge in [0.1, 0.15) is 24.8 Å². The molecule has 1 heterocycles. The maximum atomic E-state index is 8.60. The third-order valence-electron chi connectivity index (χ3n) is 2.56. The fourth-order valence-corrected chi connectivity index (χ4v) is 1.57. The molecule has 0 amide bonds. The highest BCUT2D eigenvalue weighted by molar-refractivity contribution is 5.35. The molecule has 1 aromatic carbocycles. The van der Waals surface area contributed by atoms with Crippen LogP contribution >= 0.6 is 0 Å². The fraction of sp³-hybridized carbons (Fsp3) is 0.308. The molecule has 0 spiro atoms. The average molecular weight is 242 g/mol. The Balaban J connectivity index is 1.92. The first kappa shape index (κ1) is 12.1. The number of aryl methyl sites for hydroxylation is 2. The second-order valence-electron chi connectivity index (χ2n) is 4.06. The maximum Gasteiger partial charge on any atom is 0.252 e. The van der Waals surface area contributed by atoms with Crippen molar-refractivity contribution in [1.82, 2.24) is 14.8 Å². The summed E-state index contributed by atoms with van der Waals surface area (Å²) in [6, 6.07) is 7.99. The van der Waals surface area contributed by atoms with Gasteiger partial charge in [-0.1, -0.05) is 12.1 Å². The number of benzene rings is 1. The molecule has 0 aliphatic heterocycles. The van der Waals surface area contributed by atoms with Crippen molar-refractivity contribution in [3.63, 3.8) is 0 Å². The summed E-state index contributed by atoms with van der Waals surface area (Å²) in [6.45, 7) is 5.11. The molecule has 2 aromatic rings. The quantitative estimate of drug-likeness (QED) is 0.820. The molecule has 0 N–H and O–H groups in total. The predicted octanol–water partition coefficient (Wildman–Crippen LogP) is 1.85. The average Bonchev–Trinajstić information content (AvgIpc) is 2.81. The van der Waals surface area contributed by atoms with Crippen LogP contribution < -0.4 is 4.74 Å². The molecule has 5 nitrogen and oxygen atoms in total. The van der Waals surface area contributed by atoms with Crippen LogP contribution in [0.25, 0.3) is 0 Å². The van der Waals surface area contributed by atoms with E-state index in [-0.39, 0.29) is 5.82 Å². The van der Waals surface area contributed by atoms with E-state index in [4.69, 9.17) is 10.00 Å². The Morgan fingerprint density at radius 1 is 1.39 bits per heavy atom. The van der Waals surface area contributed by atoms with E-state index in [2.05, 4.69) is 16.1 Å². The number of hydrogen-bond donors (Lipinski definition) is 0. The van der Waals surface area contributed by atoms with E-state index in [1.807, 2.05) is 32.0 Å². The van der Waals surface area contributed by atoms with Gasteiger partial charge in [0.25, 0.3) is 5.82 Å². The Hall–Kier alpha value is -2.35. The first-order chi connectivity index (χ1) is 8.69. The Labute approximate surface area is 106 Å². The lowest BCUT2D eigenvalue weighted by molar-refractivity contribution is 0.289. The monoisotopic (exact) mass is 242 g/mol. The minimum Gasteiger partial charge on any atom is -0.491 e. The van der Waals surface area contributed by atoms with Gasteiger partial charge in [-0.2, -0.15) is 5.26 Å². The van der Waals surface area contributed by atoms with Crippen molar-refractivity contribution in [2.75, 3.05) is 6.61 Å². The lowest BCUT2D eigenvalue weighted by Crippen LogP contribution is -2.09. The van der Waals surface area contributed by atoms with Crippen LogP contribution in [0, 0.1) is 25.2 Å². The van der Waals surface area contributed by atoms with Crippen LogP contribution in [0.3, 0.4) is 0 Å². The molecule has 0 radical (unpaired) electrons. The highest BCUT2D eigenvalue weighted by Gasteiger charge is 2.01. The van der Waals surface area contributed by atoms with Crippen molar-refractivity contribution in [2.45, 2.75) is 20.4 Å². The molecular weight excluding hydrogens is 228 g/mol. The molecule has 0 atom stereocenters. The van der Waals surface area contributed by atoms with Gasteiger partial charge >= 0.3 is 0 Å². The van der Waals surface area contributed by atoms with Crippen LogP contribution in [0.15, 0.2) is 24.5 Å². The normalized spacial score (nSPS) is 10.1. The Morgan fingerprint density at radius 2 is 2.22 bits per heavy atom. The summed E-state index contributed by atoms with van der Waals surface area (Å²) in [7, 11) is 0. The highest BCUT2D eigenvalue weighted by atomic mass is 16.5. The minimum absolute atomic E-state index is 0.182. The third-order valence-corrected chi connectivity index (χ3v) is 2.56. The lowest BCUT2D eigenvalue weighted by atomic mass is 10.1. The summed E-state index contributed by atoms with van der Waals surface area (Å²) < 4.78 is 7.29. The zero-order chi connectivity index (χ0) is 13.0.